The van der Waals surface area contributed by atoms with Crippen LogP contribution in [0.2, 0.25) is 0 Å². The van der Waals surface area contributed by atoms with Gasteiger partial charge in [0.15, 0.2) is 0 Å². The summed E-state index contributed by atoms with van der Waals surface area (Å²) in [6, 6.07) is 4.91. The number of nitrogens with two attached hydrogens (primary N) is 1. The van der Waals surface area contributed by atoms with Gasteiger partial charge in [0.05, 0.1) is 12.2 Å². The Hall–Kier alpha value is -1.86. The average Bonchev–Trinajstić information content (AvgIpc) is 2.73. The van der Waals surface area contributed by atoms with Gasteiger partial charge in [0.25, 0.3) is 0 Å². The molecule has 3 N–H and O–H groups in total. The Labute approximate surface area is 105 Å². The van der Waals surface area contributed by atoms with Crippen molar-refractivity contribution in [3.63, 3.8) is 0 Å². The zero-order chi connectivity index (χ0) is 13.2. The van der Waals surface area contributed by atoms with Crippen molar-refractivity contribution in [2.45, 2.75) is 18.4 Å². The Morgan fingerprint density at radius 3 is 2.78 bits per heavy atom. The molecule has 0 saturated carbocycles. The third kappa shape index (κ3) is 2.69. The second kappa shape index (κ2) is 4.79. The van der Waals surface area contributed by atoms with E-state index in [1.807, 2.05) is 0 Å². The largest absolute Gasteiger partial charge is 0.465 e. The maximum atomic E-state index is 12.0. The van der Waals surface area contributed by atoms with Crippen LogP contribution in [0, 0.1) is 6.92 Å². The highest BCUT2D eigenvalue weighted by molar-refractivity contribution is 7.89. The van der Waals surface area contributed by atoms with Gasteiger partial charge < -0.3 is 10.2 Å². The molecule has 0 radical (unpaired) electrons. The van der Waals surface area contributed by atoms with E-state index in [0.717, 1.165) is 5.76 Å². The minimum atomic E-state index is -3.68. The molecule has 7 heteroatoms. The number of anilines is 1. The van der Waals surface area contributed by atoms with Gasteiger partial charge in [-0.25, -0.2) is 13.1 Å². The van der Waals surface area contributed by atoms with Gasteiger partial charge in [-0.15, -0.1) is 0 Å². The van der Waals surface area contributed by atoms with Crippen LogP contribution in [0.4, 0.5) is 5.69 Å². The fourth-order valence-electron chi connectivity index (χ4n) is 1.44. The first-order chi connectivity index (χ1) is 8.49. The van der Waals surface area contributed by atoms with E-state index in [-0.39, 0.29) is 17.1 Å². The van der Waals surface area contributed by atoms with E-state index in [9.17, 15) is 8.42 Å². The molecule has 0 aliphatic heterocycles. The van der Waals surface area contributed by atoms with Crippen molar-refractivity contribution in [2.24, 2.45) is 0 Å². The van der Waals surface area contributed by atoms with Crippen molar-refractivity contribution in [2.75, 3.05) is 5.73 Å². The summed E-state index contributed by atoms with van der Waals surface area (Å²) in [5.74, 6) is 1.27. The Bertz CT molecular complexity index is 649. The maximum absolute atomic E-state index is 12.0. The maximum Gasteiger partial charge on any atom is 0.244 e. The third-order valence-electron chi connectivity index (χ3n) is 2.34. The molecule has 0 aliphatic rings. The fourth-order valence-corrected chi connectivity index (χ4v) is 2.51. The summed E-state index contributed by atoms with van der Waals surface area (Å²) in [4.78, 5) is 3.71. The summed E-state index contributed by atoms with van der Waals surface area (Å²) < 4.78 is 31.6. The average molecular weight is 267 g/mol. The SMILES string of the molecule is Cc1ccc(CNS(=O)(=O)c2cnccc2N)o1. The second-order valence-corrected chi connectivity index (χ2v) is 5.49. The number of nitrogens with one attached hydrogen (secondary N) is 1. The number of sulfonamides is 1. The minimum absolute atomic E-state index is 0.0340. The monoisotopic (exact) mass is 267 g/mol. The van der Waals surface area contributed by atoms with Gasteiger partial charge in [0.1, 0.15) is 16.4 Å². The van der Waals surface area contributed by atoms with Gasteiger partial charge in [-0.05, 0) is 25.1 Å². The number of hydrogen-bond acceptors (Lipinski definition) is 5. The molecule has 18 heavy (non-hydrogen) atoms. The van der Waals surface area contributed by atoms with Crippen molar-refractivity contribution < 1.29 is 12.8 Å². The summed E-state index contributed by atoms with van der Waals surface area (Å²) in [5.41, 5.74) is 5.76. The summed E-state index contributed by atoms with van der Waals surface area (Å²) in [5, 5.41) is 0. The van der Waals surface area contributed by atoms with Crippen molar-refractivity contribution in [1.82, 2.24) is 9.71 Å². The highest BCUT2D eigenvalue weighted by Gasteiger charge is 2.17. The van der Waals surface area contributed by atoms with Crippen LogP contribution in [-0.4, -0.2) is 13.4 Å². The van der Waals surface area contributed by atoms with Crippen molar-refractivity contribution in [1.29, 1.82) is 0 Å². The predicted octanol–water partition coefficient (Wildman–Crippen LogP) is 1.04. The van der Waals surface area contributed by atoms with Crippen LogP contribution in [0.5, 0.6) is 0 Å². The molecule has 96 valence electrons. The van der Waals surface area contributed by atoms with Crippen molar-refractivity contribution in [3.05, 3.63) is 42.1 Å². The molecular weight excluding hydrogens is 254 g/mol. The van der Waals surface area contributed by atoms with Crippen molar-refractivity contribution in [3.8, 4) is 0 Å². The van der Waals surface area contributed by atoms with E-state index in [2.05, 4.69) is 9.71 Å². The third-order valence-corrected chi connectivity index (χ3v) is 3.78. The molecule has 0 bridgehead atoms. The number of nitrogens with zero attached hydrogens (tertiary/aromatic N) is 1. The van der Waals surface area contributed by atoms with E-state index in [1.165, 1.54) is 18.5 Å². The Morgan fingerprint density at radius 2 is 2.17 bits per heavy atom. The first-order valence-electron chi connectivity index (χ1n) is 5.23. The van der Waals surface area contributed by atoms with E-state index < -0.39 is 10.0 Å². The number of aryl methyl sites for hydroxylation is 1. The standard InChI is InChI=1S/C11H13N3O3S/c1-8-2-3-9(17-8)6-14-18(15,16)11-7-13-5-4-10(11)12/h2-5,7,14H,6H2,1H3,(H2,12,13). The zero-order valence-corrected chi connectivity index (χ0v) is 10.6. The zero-order valence-electron chi connectivity index (χ0n) is 9.75. The molecule has 2 rings (SSSR count). The molecule has 0 spiro atoms. The molecule has 0 saturated heterocycles. The molecule has 0 amide bonds. The lowest BCUT2D eigenvalue weighted by Crippen LogP contribution is -2.24. The number of pyridine rings is 1. The van der Waals surface area contributed by atoms with E-state index in [4.69, 9.17) is 10.2 Å². The topological polar surface area (TPSA) is 98.2 Å². The number of rotatable bonds is 4. The first kappa shape index (κ1) is 12.6. The number of furan rings is 1. The summed E-state index contributed by atoms with van der Waals surface area (Å²) in [7, 11) is -3.68. The van der Waals surface area contributed by atoms with Crippen LogP contribution in [0.3, 0.4) is 0 Å². The van der Waals surface area contributed by atoms with E-state index in [0.29, 0.717) is 5.76 Å². The van der Waals surface area contributed by atoms with Gasteiger partial charge in [0.2, 0.25) is 10.0 Å². The van der Waals surface area contributed by atoms with Gasteiger partial charge in [-0.2, -0.15) is 0 Å². The van der Waals surface area contributed by atoms with Crippen LogP contribution in [0.1, 0.15) is 11.5 Å². The lowest BCUT2D eigenvalue weighted by Gasteiger charge is -2.07. The molecule has 2 aromatic heterocycles. The normalized spacial score (nSPS) is 11.6. The van der Waals surface area contributed by atoms with Gasteiger partial charge in [-0.3, -0.25) is 4.98 Å². The number of hydrogen-bond donors (Lipinski definition) is 2. The smallest absolute Gasteiger partial charge is 0.244 e. The summed E-state index contributed by atoms with van der Waals surface area (Å²) in [6.07, 6.45) is 2.65. The lowest BCUT2D eigenvalue weighted by molar-refractivity contribution is 0.475. The fraction of sp³-hybridized carbons (Fsp3) is 0.182. The summed E-state index contributed by atoms with van der Waals surface area (Å²) >= 11 is 0. The molecule has 0 atom stereocenters. The predicted molar refractivity (Wildman–Crippen MR) is 66.1 cm³/mol. The summed E-state index contributed by atoms with van der Waals surface area (Å²) in [6.45, 7) is 1.86. The molecule has 2 heterocycles. The Morgan fingerprint density at radius 1 is 1.39 bits per heavy atom. The quantitative estimate of drug-likeness (QED) is 0.862. The van der Waals surface area contributed by atoms with E-state index in [1.54, 1.807) is 19.1 Å². The molecule has 0 aliphatic carbocycles. The van der Waals surface area contributed by atoms with Gasteiger partial charge in [-0.1, -0.05) is 0 Å². The van der Waals surface area contributed by atoms with E-state index >= 15 is 0 Å². The molecule has 6 nitrogen and oxygen atoms in total. The van der Waals surface area contributed by atoms with Crippen LogP contribution >= 0.6 is 0 Å². The van der Waals surface area contributed by atoms with Crippen LogP contribution in [0.15, 0.2) is 39.9 Å². The second-order valence-electron chi connectivity index (χ2n) is 3.75. The van der Waals surface area contributed by atoms with Crippen LogP contribution < -0.4 is 10.5 Å². The molecule has 0 aromatic carbocycles. The first-order valence-corrected chi connectivity index (χ1v) is 6.72. The number of aromatic nitrogens is 1. The Balaban J connectivity index is 2.16. The highest BCUT2D eigenvalue weighted by atomic mass is 32.2. The minimum Gasteiger partial charge on any atom is -0.465 e. The molecule has 0 fully saturated rings. The highest BCUT2D eigenvalue weighted by Crippen LogP contribution is 2.16. The van der Waals surface area contributed by atoms with Gasteiger partial charge >= 0.3 is 0 Å². The Kier molecular flexibility index (Phi) is 3.35. The lowest BCUT2D eigenvalue weighted by atomic mass is 10.4. The molecular formula is C11H13N3O3S. The van der Waals surface area contributed by atoms with Crippen LogP contribution in [0.25, 0.3) is 0 Å². The van der Waals surface area contributed by atoms with Crippen LogP contribution in [-0.2, 0) is 16.6 Å². The molecule has 2 aromatic rings. The van der Waals surface area contributed by atoms with Gasteiger partial charge in [0, 0.05) is 12.4 Å². The molecule has 0 unspecified atom stereocenters. The number of nitrogen functional groups attached to an aromatic ring is 1. The van der Waals surface area contributed by atoms with Crippen molar-refractivity contribution >= 4 is 15.7 Å².